The summed E-state index contributed by atoms with van der Waals surface area (Å²) in [5.41, 5.74) is 1.37. The Labute approximate surface area is 77.0 Å². The second-order valence-electron chi connectivity index (χ2n) is 3.00. The molecule has 0 fully saturated rings. The van der Waals surface area contributed by atoms with Gasteiger partial charge < -0.3 is 0 Å². The highest BCUT2D eigenvalue weighted by atomic mass is 32.2. The molecule has 0 spiro atoms. The van der Waals surface area contributed by atoms with Gasteiger partial charge in [-0.25, -0.2) is 4.40 Å². The Morgan fingerprint density at radius 1 is 1.25 bits per heavy atom. The summed E-state index contributed by atoms with van der Waals surface area (Å²) in [6.45, 7) is 2.22. The van der Waals surface area contributed by atoms with Crippen LogP contribution >= 0.6 is 11.9 Å². The highest BCUT2D eigenvalue weighted by Gasteiger charge is 2.21. The first-order valence-electron chi connectivity index (χ1n) is 4.12. The SMILES string of the molecule is CC1SN=CC1c1ccccc1. The van der Waals surface area contributed by atoms with Crippen LogP contribution in [0.5, 0.6) is 0 Å². The van der Waals surface area contributed by atoms with Crippen LogP contribution in [0.15, 0.2) is 34.7 Å². The first kappa shape index (κ1) is 7.87. The van der Waals surface area contributed by atoms with E-state index >= 15 is 0 Å². The second kappa shape index (κ2) is 3.31. The van der Waals surface area contributed by atoms with Gasteiger partial charge in [-0.3, -0.25) is 0 Å². The molecular weight excluding hydrogens is 166 g/mol. The predicted octanol–water partition coefficient (Wildman–Crippen LogP) is 2.89. The molecule has 0 saturated heterocycles. The Morgan fingerprint density at radius 2 is 2.00 bits per heavy atom. The van der Waals surface area contributed by atoms with Crippen LogP contribution in [0, 0.1) is 0 Å². The summed E-state index contributed by atoms with van der Waals surface area (Å²) in [4.78, 5) is 0. The van der Waals surface area contributed by atoms with Crippen molar-refractivity contribution in [2.24, 2.45) is 4.40 Å². The van der Waals surface area contributed by atoms with E-state index in [1.165, 1.54) is 5.56 Å². The fraction of sp³-hybridized carbons (Fsp3) is 0.300. The molecule has 0 aromatic heterocycles. The van der Waals surface area contributed by atoms with Crippen molar-refractivity contribution in [3.8, 4) is 0 Å². The molecule has 0 bridgehead atoms. The summed E-state index contributed by atoms with van der Waals surface area (Å²) in [5.74, 6) is 0.510. The smallest absolute Gasteiger partial charge is 0.0357 e. The average Bonchev–Trinajstić information content (AvgIpc) is 2.53. The van der Waals surface area contributed by atoms with Crippen molar-refractivity contribution in [1.82, 2.24) is 0 Å². The van der Waals surface area contributed by atoms with Gasteiger partial charge in [-0.2, -0.15) is 0 Å². The molecule has 1 aliphatic rings. The fourth-order valence-electron chi connectivity index (χ4n) is 1.42. The molecule has 2 unspecified atom stereocenters. The molecule has 0 saturated carbocycles. The van der Waals surface area contributed by atoms with Crippen LogP contribution in [0.3, 0.4) is 0 Å². The maximum Gasteiger partial charge on any atom is 0.0357 e. The minimum absolute atomic E-state index is 0.510. The summed E-state index contributed by atoms with van der Waals surface area (Å²) in [5, 5.41) is 0.590. The third-order valence-corrected chi connectivity index (χ3v) is 3.01. The van der Waals surface area contributed by atoms with Crippen LogP contribution in [0.25, 0.3) is 0 Å². The second-order valence-corrected chi connectivity index (χ2v) is 4.17. The number of benzene rings is 1. The van der Waals surface area contributed by atoms with Crippen LogP contribution in [-0.4, -0.2) is 11.5 Å². The van der Waals surface area contributed by atoms with Crippen LogP contribution < -0.4 is 0 Å². The van der Waals surface area contributed by atoms with Crippen molar-refractivity contribution in [3.63, 3.8) is 0 Å². The van der Waals surface area contributed by atoms with Crippen molar-refractivity contribution >= 4 is 18.2 Å². The highest BCUT2D eigenvalue weighted by Crippen LogP contribution is 2.32. The Bertz CT molecular complexity index is 281. The third-order valence-electron chi connectivity index (χ3n) is 2.14. The van der Waals surface area contributed by atoms with Crippen LogP contribution in [0.2, 0.25) is 0 Å². The Hall–Kier alpha value is -0.760. The Balaban J connectivity index is 2.25. The topological polar surface area (TPSA) is 12.4 Å². The lowest BCUT2D eigenvalue weighted by Crippen LogP contribution is -2.07. The molecule has 1 aromatic rings. The molecule has 0 N–H and O–H groups in total. The molecule has 2 heteroatoms. The first-order chi connectivity index (χ1) is 5.88. The third kappa shape index (κ3) is 1.39. The van der Waals surface area contributed by atoms with Crippen LogP contribution in [-0.2, 0) is 0 Å². The van der Waals surface area contributed by atoms with E-state index in [0.717, 1.165) is 0 Å². The van der Waals surface area contributed by atoms with Gasteiger partial charge in [-0.15, -0.1) is 0 Å². The molecule has 1 nitrogen and oxygen atoms in total. The number of rotatable bonds is 1. The minimum atomic E-state index is 0.510. The van der Waals surface area contributed by atoms with Crippen molar-refractivity contribution in [3.05, 3.63) is 35.9 Å². The summed E-state index contributed by atoms with van der Waals surface area (Å²) in [6, 6.07) is 10.5. The van der Waals surface area contributed by atoms with E-state index in [2.05, 4.69) is 35.6 Å². The molecule has 1 aliphatic heterocycles. The van der Waals surface area contributed by atoms with E-state index in [0.29, 0.717) is 11.2 Å². The summed E-state index contributed by atoms with van der Waals surface area (Å²) < 4.78 is 4.21. The molecule has 1 heterocycles. The molecular formula is C10H11NS. The van der Waals surface area contributed by atoms with Gasteiger partial charge in [0, 0.05) is 17.4 Å². The summed E-state index contributed by atoms with van der Waals surface area (Å²) in [7, 11) is 0. The lowest BCUT2D eigenvalue weighted by molar-refractivity contribution is 0.896. The molecule has 0 aliphatic carbocycles. The van der Waals surface area contributed by atoms with Crippen LogP contribution in [0.1, 0.15) is 18.4 Å². The lowest BCUT2D eigenvalue weighted by atomic mass is 9.98. The molecule has 0 amide bonds. The molecule has 1 aromatic carbocycles. The number of hydrogen-bond acceptors (Lipinski definition) is 2. The van der Waals surface area contributed by atoms with Crippen molar-refractivity contribution in [2.45, 2.75) is 18.1 Å². The largest absolute Gasteiger partial charge is 0.228 e. The molecule has 2 rings (SSSR count). The van der Waals surface area contributed by atoms with Gasteiger partial charge in [0.25, 0.3) is 0 Å². The average molecular weight is 177 g/mol. The number of nitrogens with zero attached hydrogens (tertiary/aromatic N) is 1. The van der Waals surface area contributed by atoms with E-state index in [-0.39, 0.29) is 0 Å². The van der Waals surface area contributed by atoms with Gasteiger partial charge in [-0.1, -0.05) is 37.3 Å². The van der Waals surface area contributed by atoms with Gasteiger partial charge >= 0.3 is 0 Å². The zero-order valence-electron chi connectivity index (χ0n) is 6.97. The monoisotopic (exact) mass is 177 g/mol. The van der Waals surface area contributed by atoms with E-state index in [1.807, 2.05) is 12.3 Å². The van der Waals surface area contributed by atoms with Crippen molar-refractivity contribution in [2.75, 3.05) is 0 Å². The highest BCUT2D eigenvalue weighted by molar-refractivity contribution is 7.99. The predicted molar refractivity (Wildman–Crippen MR) is 54.7 cm³/mol. The van der Waals surface area contributed by atoms with E-state index < -0.39 is 0 Å². The zero-order valence-corrected chi connectivity index (χ0v) is 7.79. The van der Waals surface area contributed by atoms with Crippen LogP contribution in [0.4, 0.5) is 0 Å². The fourth-order valence-corrected chi connectivity index (χ4v) is 2.17. The minimum Gasteiger partial charge on any atom is -0.228 e. The molecule has 62 valence electrons. The normalized spacial score (nSPS) is 27.8. The maximum absolute atomic E-state index is 4.21. The molecule has 0 radical (unpaired) electrons. The van der Waals surface area contributed by atoms with Gasteiger partial charge in [0.1, 0.15) is 0 Å². The Kier molecular flexibility index (Phi) is 2.17. The Morgan fingerprint density at radius 3 is 2.58 bits per heavy atom. The zero-order chi connectivity index (χ0) is 8.39. The lowest BCUT2D eigenvalue weighted by Gasteiger charge is -2.11. The van der Waals surface area contributed by atoms with E-state index in [9.17, 15) is 0 Å². The van der Waals surface area contributed by atoms with Gasteiger partial charge in [-0.05, 0) is 17.5 Å². The van der Waals surface area contributed by atoms with Crippen molar-refractivity contribution in [1.29, 1.82) is 0 Å². The van der Waals surface area contributed by atoms with Gasteiger partial charge in [0.15, 0.2) is 0 Å². The maximum atomic E-state index is 4.21. The first-order valence-corrected chi connectivity index (χ1v) is 4.96. The van der Waals surface area contributed by atoms with Crippen molar-refractivity contribution < 1.29 is 0 Å². The van der Waals surface area contributed by atoms with Gasteiger partial charge in [0.2, 0.25) is 0 Å². The van der Waals surface area contributed by atoms with Gasteiger partial charge in [0.05, 0.1) is 0 Å². The molecule has 2 atom stereocenters. The summed E-state index contributed by atoms with van der Waals surface area (Å²) in [6.07, 6.45) is 2.05. The number of hydrogen-bond donors (Lipinski definition) is 0. The quantitative estimate of drug-likeness (QED) is 0.601. The van der Waals surface area contributed by atoms with E-state index in [4.69, 9.17) is 0 Å². The van der Waals surface area contributed by atoms with E-state index in [1.54, 1.807) is 11.9 Å². The molecule has 12 heavy (non-hydrogen) atoms. The summed E-state index contributed by atoms with van der Waals surface area (Å²) >= 11 is 1.67. The standard InChI is InChI=1S/C10H11NS/c1-8-10(7-11-12-8)9-5-3-2-4-6-9/h2-8,10H,1H3.